The summed E-state index contributed by atoms with van der Waals surface area (Å²) in [6, 6.07) is 40.2. The molecule has 0 amide bonds. The summed E-state index contributed by atoms with van der Waals surface area (Å²) in [7, 11) is 0. The van der Waals surface area contributed by atoms with Gasteiger partial charge in [0.25, 0.3) is 0 Å². The predicted molar refractivity (Wildman–Crippen MR) is 254 cm³/mol. The number of benzene rings is 4. The van der Waals surface area contributed by atoms with Crippen molar-refractivity contribution in [1.29, 1.82) is 5.26 Å². The minimum absolute atomic E-state index is 0.554. The molecule has 5 nitrogen and oxygen atoms in total. The average molecular weight is 784 g/mol. The van der Waals surface area contributed by atoms with Crippen LogP contribution in [0.5, 0.6) is 0 Å². The smallest absolute Gasteiger partial charge is 0.0701 e. The van der Waals surface area contributed by atoms with Gasteiger partial charge in [-0.15, -0.1) is 0 Å². The Bertz CT molecular complexity index is 1530. The van der Waals surface area contributed by atoms with Crippen LogP contribution in [0, 0.1) is 11.3 Å². The van der Waals surface area contributed by atoms with E-state index in [0.29, 0.717) is 6.42 Å². The maximum atomic E-state index is 9.10. The molecule has 0 fully saturated rings. The third-order valence-electron chi connectivity index (χ3n) is 11.8. The van der Waals surface area contributed by atoms with Gasteiger partial charge in [-0.1, -0.05) is 129 Å². The number of unbranched alkanes of at least 4 members (excludes halogenated alkanes) is 7. The van der Waals surface area contributed by atoms with Gasteiger partial charge in [-0.25, -0.2) is 0 Å². The quantitative estimate of drug-likeness (QED) is 0.0439. The highest BCUT2D eigenvalue weighted by Gasteiger charge is 2.39. The molecule has 0 radical (unpaired) electrons. The molecule has 0 aliphatic heterocycles. The van der Waals surface area contributed by atoms with E-state index in [-0.39, 0.29) is 0 Å². The van der Waals surface area contributed by atoms with Crippen LogP contribution in [0.15, 0.2) is 97.1 Å². The highest BCUT2D eigenvalue weighted by molar-refractivity contribution is 5.66. The standard InChI is InChI=1S/C53H77N5/c1-7-13-39-56(40-14-8-2)50-31-23-46(24-32-50)53(45-21-29-49(30-22-45)55-38-20-19-37-54,47-25-33-51(34-26-47)57(41-15-9-3)42-16-10-4)48-27-35-52(36-28-48)58(43-17-11-5)44-18-12-6/h21-36,55H,7-20,38-44H2,1-6H3. The normalized spacial score (nSPS) is 11.3. The van der Waals surface area contributed by atoms with E-state index >= 15 is 0 Å². The van der Waals surface area contributed by atoms with Gasteiger partial charge in [-0.05, 0) is 116 Å². The highest BCUT2D eigenvalue weighted by atomic mass is 15.1. The minimum atomic E-state index is -0.554. The van der Waals surface area contributed by atoms with Crippen molar-refractivity contribution in [2.45, 2.75) is 137 Å². The molecule has 4 aromatic rings. The molecule has 58 heavy (non-hydrogen) atoms. The molecule has 0 saturated carbocycles. The zero-order valence-electron chi connectivity index (χ0n) is 37.4. The predicted octanol–water partition coefficient (Wildman–Crippen LogP) is 14.0. The molecule has 0 atom stereocenters. The van der Waals surface area contributed by atoms with E-state index in [4.69, 9.17) is 5.26 Å². The lowest BCUT2D eigenvalue weighted by Gasteiger charge is -2.38. The van der Waals surface area contributed by atoms with Gasteiger partial charge in [-0.3, -0.25) is 0 Å². The van der Waals surface area contributed by atoms with Crippen molar-refractivity contribution in [3.63, 3.8) is 0 Å². The lowest BCUT2D eigenvalue weighted by Crippen LogP contribution is -2.32. The lowest BCUT2D eigenvalue weighted by molar-refractivity contribution is 0.675. The van der Waals surface area contributed by atoms with E-state index in [2.05, 4.69) is 165 Å². The number of nitriles is 1. The first-order chi connectivity index (χ1) is 28.5. The second-order valence-corrected chi connectivity index (χ2v) is 16.2. The molecule has 1 N–H and O–H groups in total. The Balaban J connectivity index is 1.95. The fourth-order valence-electron chi connectivity index (χ4n) is 8.21. The lowest BCUT2D eigenvalue weighted by atomic mass is 9.65. The number of nitrogens with zero attached hydrogens (tertiary/aromatic N) is 4. The van der Waals surface area contributed by atoms with Gasteiger partial charge >= 0.3 is 0 Å². The fraction of sp³-hybridized carbons (Fsp3) is 0.528. The summed E-state index contributed by atoms with van der Waals surface area (Å²) in [5.41, 5.74) is 9.55. The first-order valence-electron chi connectivity index (χ1n) is 23.3. The van der Waals surface area contributed by atoms with Crippen molar-refractivity contribution in [2.75, 3.05) is 65.8 Å². The van der Waals surface area contributed by atoms with Gasteiger partial charge in [0.1, 0.15) is 0 Å². The Morgan fingerprint density at radius 3 is 0.948 bits per heavy atom. The monoisotopic (exact) mass is 784 g/mol. The van der Waals surface area contributed by atoms with E-state index in [9.17, 15) is 0 Å². The van der Waals surface area contributed by atoms with Crippen LogP contribution in [-0.2, 0) is 5.41 Å². The molecule has 0 bridgehead atoms. The van der Waals surface area contributed by atoms with Gasteiger partial charge in [0.15, 0.2) is 0 Å². The zero-order chi connectivity index (χ0) is 41.4. The van der Waals surface area contributed by atoms with Crippen molar-refractivity contribution in [3.05, 3.63) is 119 Å². The molecule has 0 aromatic heterocycles. The van der Waals surface area contributed by atoms with Crippen LogP contribution in [0.1, 0.15) is 154 Å². The van der Waals surface area contributed by atoms with Crippen molar-refractivity contribution < 1.29 is 0 Å². The fourth-order valence-corrected chi connectivity index (χ4v) is 8.21. The van der Waals surface area contributed by atoms with Crippen LogP contribution in [0.3, 0.4) is 0 Å². The van der Waals surface area contributed by atoms with Crippen molar-refractivity contribution >= 4 is 22.7 Å². The first-order valence-corrected chi connectivity index (χ1v) is 23.3. The summed E-state index contributed by atoms with van der Waals surface area (Å²) in [6.45, 7) is 21.1. The van der Waals surface area contributed by atoms with E-state index in [1.165, 1.54) is 116 Å². The summed E-state index contributed by atoms with van der Waals surface area (Å²) in [5, 5.41) is 12.7. The molecule has 5 heteroatoms. The third kappa shape index (κ3) is 12.8. The van der Waals surface area contributed by atoms with E-state index in [1.807, 2.05) is 0 Å². The molecule has 4 rings (SSSR count). The Morgan fingerprint density at radius 1 is 0.414 bits per heavy atom. The number of hydrogen-bond donors (Lipinski definition) is 1. The second kappa shape index (κ2) is 25.8. The maximum Gasteiger partial charge on any atom is 0.0701 e. The summed E-state index contributed by atoms with van der Waals surface area (Å²) < 4.78 is 0. The Morgan fingerprint density at radius 2 is 0.690 bits per heavy atom. The molecule has 314 valence electrons. The molecule has 4 aromatic carbocycles. The van der Waals surface area contributed by atoms with Crippen molar-refractivity contribution in [3.8, 4) is 6.07 Å². The van der Waals surface area contributed by atoms with Gasteiger partial charge < -0.3 is 20.0 Å². The molecule has 0 heterocycles. The van der Waals surface area contributed by atoms with Crippen LogP contribution >= 0.6 is 0 Å². The van der Waals surface area contributed by atoms with E-state index in [0.717, 1.165) is 57.9 Å². The summed E-state index contributed by atoms with van der Waals surface area (Å²) in [6.07, 6.45) is 15.8. The number of rotatable bonds is 29. The number of nitrogens with one attached hydrogen (secondary N) is 1. The summed E-state index contributed by atoms with van der Waals surface area (Å²) in [5.74, 6) is 0. The first kappa shape index (κ1) is 46.3. The molecule has 0 unspecified atom stereocenters. The molecule has 0 spiro atoms. The second-order valence-electron chi connectivity index (χ2n) is 16.2. The molecule has 0 aliphatic carbocycles. The van der Waals surface area contributed by atoms with Gasteiger partial charge in [0, 0.05) is 75.0 Å². The van der Waals surface area contributed by atoms with E-state index in [1.54, 1.807) is 0 Å². The highest BCUT2D eigenvalue weighted by Crippen LogP contribution is 2.47. The molecule has 0 saturated heterocycles. The van der Waals surface area contributed by atoms with Crippen molar-refractivity contribution in [1.82, 2.24) is 0 Å². The van der Waals surface area contributed by atoms with Gasteiger partial charge in [0.2, 0.25) is 0 Å². The third-order valence-corrected chi connectivity index (χ3v) is 11.8. The van der Waals surface area contributed by atoms with Crippen LogP contribution in [0.25, 0.3) is 0 Å². The van der Waals surface area contributed by atoms with Crippen LogP contribution in [0.2, 0.25) is 0 Å². The Labute approximate surface area is 354 Å². The number of hydrogen-bond acceptors (Lipinski definition) is 5. The van der Waals surface area contributed by atoms with Crippen LogP contribution in [-0.4, -0.2) is 45.8 Å². The minimum Gasteiger partial charge on any atom is -0.385 e. The zero-order valence-corrected chi connectivity index (χ0v) is 37.4. The average Bonchev–Trinajstić information content (AvgIpc) is 3.27. The molecular weight excluding hydrogens is 707 g/mol. The van der Waals surface area contributed by atoms with E-state index < -0.39 is 5.41 Å². The van der Waals surface area contributed by atoms with Gasteiger partial charge in [-0.2, -0.15) is 5.26 Å². The van der Waals surface area contributed by atoms with Crippen LogP contribution in [0.4, 0.5) is 22.7 Å². The maximum absolute atomic E-state index is 9.10. The van der Waals surface area contributed by atoms with Gasteiger partial charge in [0.05, 0.1) is 11.5 Å². The Hall–Kier alpha value is -4.43. The van der Waals surface area contributed by atoms with Crippen LogP contribution < -0.4 is 20.0 Å². The topological polar surface area (TPSA) is 45.5 Å². The summed E-state index contributed by atoms with van der Waals surface area (Å²) >= 11 is 0. The number of anilines is 4. The SMILES string of the molecule is CCCCN(CCCC)c1ccc(C(c2ccc(NCCCC#N)cc2)(c2ccc(N(CCCC)CCCC)cc2)c2ccc(N(CCCC)CCCC)cc2)cc1. The largest absolute Gasteiger partial charge is 0.385 e. The summed E-state index contributed by atoms with van der Waals surface area (Å²) in [4.78, 5) is 7.78. The molecular formula is C53H77N5. The van der Waals surface area contributed by atoms with Crippen molar-refractivity contribution in [2.24, 2.45) is 0 Å². The molecule has 0 aliphatic rings. The Kier molecular flexibility index (Phi) is 20.6.